The quantitative estimate of drug-likeness (QED) is 0.0528. The highest BCUT2D eigenvalue weighted by molar-refractivity contribution is 6.42. The van der Waals surface area contributed by atoms with Crippen LogP contribution in [0.4, 0.5) is 21.6 Å². The van der Waals surface area contributed by atoms with Crippen LogP contribution in [0.3, 0.4) is 0 Å². The molecule has 4 aromatic rings. The zero-order chi connectivity index (χ0) is 45.9. The van der Waals surface area contributed by atoms with E-state index in [4.69, 9.17) is 51.6 Å². The second kappa shape index (κ2) is 22.5. The number of rotatable bonds is 22. The molecule has 3 N–H and O–H groups in total. The van der Waals surface area contributed by atoms with E-state index in [2.05, 4.69) is 25.9 Å². The maximum Gasteiger partial charge on any atom is 0.264 e. The fourth-order valence-corrected chi connectivity index (χ4v) is 7.88. The number of benzene rings is 3. The first-order valence-electron chi connectivity index (χ1n) is 21.1. The number of nitrogens with zero attached hydrogens (tertiary/aromatic N) is 4. The van der Waals surface area contributed by atoms with E-state index in [1.807, 2.05) is 0 Å². The minimum absolute atomic E-state index is 0.00464. The van der Waals surface area contributed by atoms with E-state index in [0.717, 1.165) is 4.90 Å². The largest absolute Gasteiger partial charge is 0.493 e. The summed E-state index contributed by atoms with van der Waals surface area (Å²) in [5.74, 6) is -1.67. The van der Waals surface area contributed by atoms with Crippen LogP contribution in [0, 0.1) is 5.82 Å². The van der Waals surface area contributed by atoms with Crippen LogP contribution in [0.2, 0.25) is 10.0 Å². The van der Waals surface area contributed by atoms with Gasteiger partial charge < -0.3 is 44.0 Å². The number of nitrogens with one attached hydrogen (secondary N) is 3. The molecule has 1 unspecified atom stereocenters. The molecular weight excluding hydrogens is 892 g/mol. The summed E-state index contributed by atoms with van der Waals surface area (Å²) < 4.78 is 49.1. The van der Waals surface area contributed by atoms with Crippen LogP contribution in [-0.4, -0.2) is 141 Å². The summed E-state index contributed by atoms with van der Waals surface area (Å²) in [4.78, 5) is 74.4. The number of carbonyl (C=O) groups is 5. The monoisotopic (exact) mass is 939 g/mol. The zero-order valence-corrected chi connectivity index (χ0v) is 37.0. The Kier molecular flexibility index (Phi) is 16.3. The minimum Gasteiger partial charge on any atom is -0.493 e. The SMILES string of the molecule is COc1cc2ncnc(Nc3ccc(Cl)c(Cl)c3F)c2cc1OC1CCN(C(=O)CCOCCOCCOCCOCCNc2cccc3c2C(=O)N(C2CCC(=O)NC2=O)C3=O)CC1. The van der Waals surface area contributed by atoms with Crippen molar-refractivity contribution in [2.75, 3.05) is 90.2 Å². The third-order valence-corrected chi connectivity index (χ3v) is 11.7. The average Bonchev–Trinajstić information content (AvgIpc) is 3.56. The summed E-state index contributed by atoms with van der Waals surface area (Å²) in [6, 6.07) is 10.3. The van der Waals surface area contributed by atoms with E-state index in [-0.39, 0.29) is 64.7 Å². The molecule has 3 aromatic carbocycles. The lowest BCUT2D eigenvalue weighted by atomic mass is 10.0. The highest BCUT2D eigenvalue weighted by Crippen LogP contribution is 2.38. The molecule has 65 heavy (non-hydrogen) atoms. The minimum atomic E-state index is -1.03. The lowest BCUT2D eigenvalue weighted by Gasteiger charge is -2.32. The molecule has 0 aliphatic carbocycles. The molecule has 1 aromatic heterocycles. The van der Waals surface area contributed by atoms with Gasteiger partial charge in [0.2, 0.25) is 17.7 Å². The molecule has 5 amide bonds. The number of ether oxygens (including phenoxy) is 6. The molecule has 0 spiro atoms. The van der Waals surface area contributed by atoms with Crippen LogP contribution in [0.15, 0.2) is 48.8 Å². The first-order valence-corrected chi connectivity index (χ1v) is 21.9. The third-order valence-electron chi connectivity index (χ3n) is 10.9. The van der Waals surface area contributed by atoms with Crippen LogP contribution >= 0.6 is 23.2 Å². The van der Waals surface area contributed by atoms with Crippen molar-refractivity contribution in [1.82, 2.24) is 25.1 Å². The summed E-state index contributed by atoms with van der Waals surface area (Å²) in [5, 5.41) is 8.76. The Morgan fingerprint density at radius 3 is 2.26 bits per heavy atom. The van der Waals surface area contributed by atoms with E-state index in [1.165, 1.54) is 31.6 Å². The standard InChI is InChI=1S/C44H48Cl2FN7O11/c1-60-34-24-32-28(41(50-25-49-32)51-31-6-5-29(45)39(46)40(31)47)23-35(34)65-26-9-13-53(14-10-26)37(56)11-15-61-17-19-63-21-22-64-20-18-62-16-12-48-30-4-2-3-27-38(30)44(59)54(43(27)58)33-7-8-36(55)52-42(33)57/h2-6,23-26,33,48H,7-22H2,1H3,(H,49,50,51)(H,52,55,57). The van der Waals surface area contributed by atoms with Crippen LogP contribution < -0.4 is 25.4 Å². The van der Waals surface area contributed by atoms with Crippen molar-refractivity contribution in [3.63, 3.8) is 0 Å². The third kappa shape index (κ3) is 11.6. The van der Waals surface area contributed by atoms with E-state index in [0.29, 0.717) is 113 Å². The van der Waals surface area contributed by atoms with Gasteiger partial charge in [-0.05, 0) is 36.8 Å². The lowest BCUT2D eigenvalue weighted by Crippen LogP contribution is -2.54. The van der Waals surface area contributed by atoms with Crippen molar-refractivity contribution in [1.29, 1.82) is 0 Å². The van der Waals surface area contributed by atoms with Gasteiger partial charge in [-0.25, -0.2) is 14.4 Å². The predicted molar refractivity (Wildman–Crippen MR) is 236 cm³/mol. The lowest BCUT2D eigenvalue weighted by molar-refractivity contribution is -0.136. The molecule has 4 heterocycles. The van der Waals surface area contributed by atoms with Crippen molar-refractivity contribution in [2.24, 2.45) is 0 Å². The van der Waals surface area contributed by atoms with E-state index >= 15 is 0 Å². The van der Waals surface area contributed by atoms with E-state index in [9.17, 15) is 28.4 Å². The van der Waals surface area contributed by atoms with Crippen molar-refractivity contribution in [3.8, 4) is 11.5 Å². The van der Waals surface area contributed by atoms with Gasteiger partial charge in [-0.2, -0.15) is 0 Å². The van der Waals surface area contributed by atoms with Gasteiger partial charge in [0.25, 0.3) is 11.8 Å². The summed E-state index contributed by atoms with van der Waals surface area (Å²) in [5.41, 5.74) is 1.50. The molecule has 3 aliphatic rings. The number of amides is 5. The molecule has 0 bridgehead atoms. The van der Waals surface area contributed by atoms with Gasteiger partial charge in [-0.1, -0.05) is 29.3 Å². The smallest absolute Gasteiger partial charge is 0.264 e. The van der Waals surface area contributed by atoms with E-state index < -0.39 is 35.5 Å². The molecule has 21 heteroatoms. The molecule has 2 saturated heterocycles. The van der Waals surface area contributed by atoms with Crippen LogP contribution in [0.25, 0.3) is 10.9 Å². The van der Waals surface area contributed by atoms with Crippen LogP contribution in [0.1, 0.15) is 52.8 Å². The predicted octanol–water partition coefficient (Wildman–Crippen LogP) is 5.17. The second-order valence-electron chi connectivity index (χ2n) is 15.1. The number of piperidine rings is 2. The summed E-state index contributed by atoms with van der Waals surface area (Å²) in [6.45, 7) is 4.04. The number of methoxy groups -OCH3 is 1. The number of anilines is 3. The number of hydrogen-bond acceptors (Lipinski definition) is 15. The molecule has 1 atom stereocenters. The average molecular weight is 941 g/mol. The van der Waals surface area contributed by atoms with Gasteiger partial charge in [0, 0.05) is 56.0 Å². The molecule has 3 aliphatic heterocycles. The summed E-state index contributed by atoms with van der Waals surface area (Å²) >= 11 is 12.0. The Bertz CT molecular complexity index is 2410. The molecule has 2 fully saturated rings. The Balaban J connectivity index is 0.718. The molecular formula is C44H48Cl2FN7O11. The number of imide groups is 2. The van der Waals surface area contributed by atoms with Gasteiger partial charge in [0.1, 0.15) is 24.3 Å². The highest BCUT2D eigenvalue weighted by Gasteiger charge is 2.45. The van der Waals surface area contributed by atoms with Gasteiger partial charge in [0.05, 0.1) is 98.8 Å². The number of carbonyl (C=O) groups excluding carboxylic acids is 5. The maximum absolute atomic E-state index is 14.8. The zero-order valence-electron chi connectivity index (χ0n) is 35.5. The topological polar surface area (TPSA) is 209 Å². The number of likely N-dealkylation sites (tertiary alicyclic amines) is 1. The van der Waals surface area contributed by atoms with Gasteiger partial charge >= 0.3 is 0 Å². The number of aromatic nitrogens is 2. The molecule has 0 saturated carbocycles. The van der Waals surface area contributed by atoms with Crippen LogP contribution in [-0.2, 0) is 33.3 Å². The van der Waals surface area contributed by atoms with Crippen molar-refractivity contribution in [2.45, 2.75) is 44.2 Å². The van der Waals surface area contributed by atoms with Gasteiger partial charge in [0.15, 0.2) is 17.3 Å². The normalized spacial score (nSPS) is 16.5. The Morgan fingerprint density at radius 2 is 1.55 bits per heavy atom. The fraction of sp³-hybridized carbons (Fsp3) is 0.432. The highest BCUT2D eigenvalue weighted by atomic mass is 35.5. The number of halogens is 3. The molecule has 0 radical (unpaired) electrons. The van der Waals surface area contributed by atoms with Crippen LogP contribution in [0.5, 0.6) is 11.5 Å². The molecule has 346 valence electrons. The van der Waals surface area contributed by atoms with Crippen molar-refractivity contribution in [3.05, 3.63) is 75.8 Å². The Morgan fingerprint density at radius 1 is 0.846 bits per heavy atom. The van der Waals surface area contributed by atoms with Gasteiger partial charge in [-0.15, -0.1) is 0 Å². The van der Waals surface area contributed by atoms with E-state index in [1.54, 1.807) is 29.2 Å². The fourth-order valence-electron chi connectivity index (χ4n) is 7.57. The molecule has 18 nitrogen and oxygen atoms in total. The van der Waals surface area contributed by atoms with Gasteiger partial charge in [-0.3, -0.25) is 34.2 Å². The second-order valence-corrected chi connectivity index (χ2v) is 15.9. The molecule has 7 rings (SSSR count). The van der Waals surface area contributed by atoms with Crippen molar-refractivity contribution >= 4 is 80.8 Å². The first kappa shape index (κ1) is 47.3. The maximum atomic E-state index is 14.8. The Hall–Kier alpha value is -5.70. The number of hydrogen-bond donors (Lipinski definition) is 3. The Labute approximate surface area is 383 Å². The summed E-state index contributed by atoms with van der Waals surface area (Å²) in [7, 11) is 1.53. The first-order chi connectivity index (χ1) is 31.5. The summed E-state index contributed by atoms with van der Waals surface area (Å²) in [6.07, 6.45) is 2.77. The van der Waals surface area contributed by atoms with Crippen molar-refractivity contribution < 1.29 is 56.8 Å². The number of fused-ring (bicyclic) bond motifs is 2.